The molecule has 9 heavy (non-hydrogen) atoms. The van der Waals surface area contributed by atoms with Crippen molar-refractivity contribution in [2.24, 2.45) is 0 Å². The maximum atomic E-state index is 10.0. The minimum Gasteiger partial charge on any atom is -0.396 e. The van der Waals surface area contributed by atoms with Crippen molar-refractivity contribution in [2.45, 2.75) is 6.42 Å². The fourth-order valence-corrected chi connectivity index (χ4v) is 0.753. The average molecular weight is 155 g/mol. The summed E-state index contributed by atoms with van der Waals surface area (Å²) in [7, 11) is -4.06. The molecule has 0 aromatic heterocycles. The van der Waals surface area contributed by atoms with Crippen molar-refractivity contribution in [1.29, 1.82) is 0 Å². The van der Waals surface area contributed by atoms with Crippen LogP contribution in [0, 0.1) is 0 Å². The van der Waals surface area contributed by atoms with E-state index in [2.05, 4.69) is 0 Å². The van der Waals surface area contributed by atoms with Crippen molar-refractivity contribution in [3.63, 3.8) is 0 Å². The van der Waals surface area contributed by atoms with Gasteiger partial charge in [-0.25, -0.2) is 9.65 Å². The summed E-state index contributed by atoms with van der Waals surface area (Å²) in [6.45, 7) is 0.0772. The molecule has 0 aliphatic heterocycles. The van der Waals surface area contributed by atoms with Crippen LogP contribution in [0.25, 0.3) is 0 Å². The Morgan fingerprint density at radius 3 is 2.33 bits per heavy atom. The molecule has 0 rings (SSSR count). The number of hydrogen-bond donors (Lipinski definition) is 4. The van der Waals surface area contributed by atoms with E-state index in [0.717, 1.165) is 0 Å². The molecule has 0 aliphatic rings. The van der Waals surface area contributed by atoms with Gasteiger partial charge < -0.3 is 14.9 Å². The summed E-state index contributed by atoms with van der Waals surface area (Å²) < 4.78 is 10.0. The Kier molecular flexibility index (Phi) is 4.01. The van der Waals surface area contributed by atoms with Crippen molar-refractivity contribution >= 4 is 7.75 Å². The molecule has 0 bridgehead atoms. The molecule has 0 aromatic carbocycles. The van der Waals surface area contributed by atoms with Crippen LogP contribution in [-0.4, -0.2) is 28.0 Å². The van der Waals surface area contributed by atoms with Crippen molar-refractivity contribution in [3.8, 4) is 0 Å². The highest BCUT2D eigenvalue weighted by molar-refractivity contribution is 7.49. The molecule has 0 spiro atoms. The van der Waals surface area contributed by atoms with E-state index in [9.17, 15) is 4.57 Å². The van der Waals surface area contributed by atoms with Crippen molar-refractivity contribution in [1.82, 2.24) is 5.09 Å². The number of nitrogens with one attached hydrogen (secondary N) is 1. The first-order valence-electron chi connectivity index (χ1n) is 2.48. The molecule has 56 valence electrons. The third-order valence-corrected chi connectivity index (χ3v) is 1.29. The fraction of sp³-hybridized carbons (Fsp3) is 1.00. The van der Waals surface area contributed by atoms with Crippen LogP contribution in [-0.2, 0) is 4.57 Å². The molecular formula is C3H10NO4P. The second-order valence-electron chi connectivity index (χ2n) is 1.53. The molecule has 5 nitrogen and oxygen atoms in total. The van der Waals surface area contributed by atoms with E-state index < -0.39 is 7.75 Å². The first kappa shape index (κ1) is 9.07. The lowest BCUT2D eigenvalue weighted by Gasteiger charge is -2.02. The smallest absolute Gasteiger partial charge is 0.396 e. The van der Waals surface area contributed by atoms with E-state index in [-0.39, 0.29) is 13.2 Å². The normalized spacial score (nSPS) is 11.9. The quantitative estimate of drug-likeness (QED) is 0.310. The third-order valence-electron chi connectivity index (χ3n) is 0.653. The Morgan fingerprint density at radius 1 is 1.44 bits per heavy atom. The number of hydrogen-bond acceptors (Lipinski definition) is 2. The van der Waals surface area contributed by atoms with Gasteiger partial charge in [0.1, 0.15) is 0 Å². The summed E-state index contributed by atoms with van der Waals surface area (Å²) in [6, 6.07) is 0. The lowest BCUT2D eigenvalue weighted by Crippen LogP contribution is -2.12. The summed E-state index contributed by atoms with van der Waals surface area (Å²) in [4.78, 5) is 16.3. The largest absolute Gasteiger partial charge is 0.400 e. The van der Waals surface area contributed by atoms with Crippen LogP contribution in [0.1, 0.15) is 6.42 Å². The van der Waals surface area contributed by atoms with Gasteiger partial charge in [0.25, 0.3) is 0 Å². The molecule has 0 radical (unpaired) electrons. The van der Waals surface area contributed by atoms with E-state index in [1.54, 1.807) is 0 Å². The van der Waals surface area contributed by atoms with Gasteiger partial charge in [-0.3, -0.25) is 0 Å². The second-order valence-corrected chi connectivity index (χ2v) is 2.93. The van der Waals surface area contributed by atoms with Crippen LogP contribution in [0.15, 0.2) is 0 Å². The maximum Gasteiger partial charge on any atom is 0.400 e. The summed E-state index contributed by atoms with van der Waals surface area (Å²) in [5, 5.41) is 10.1. The molecule has 6 heteroatoms. The van der Waals surface area contributed by atoms with Gasteiger partial charge in [-0.1, -0.05) is 0 Å². The highest BCUT2D eigenvalue weighted by Crippen LogP contribution is 2.27. The highest BCUT2D eigenvalue weighted by atomic mass is 31.2. The Labute approximate surface area is 52.9 Å². The van der Waals surface area contributed by atoms with Gasteiger partial charge in [0, 0.05) is 13.2 Å². The average Bonchev–Trinajstić information content (AvgIpc) is 1.63. The first-order valence-corrected chi connectivity index (χ1v) is 4.09. The SMILES string of the molecule is O=P(O)(O)NCCCO. The van der Waals surface area contributed by atoms with E-state index in [1.807, 2.05) is 5.09 Å². The van der Waals surface area contributed by atoms with Crippen molar-refractivity contribution < 1.29 is 19.5 Å². The van der Waals surface area contributed by atoms with Gasteiger partial charge in [-0.2, -0.15) is 0 Å². The van der Waals surface area contributed by atoms with Crippen LogP contribution >= 0.6 is 7.75 Å². The lowest BCUT2D eigenvalue weighted by molar-refractivity contribution is 0.286. The second kappa shape index (κ2) is 3.98. The Bertz CT molecular complexity index is 110. The molecule has 0 amide bonds. The first-order chi connectivity index (χ1) is 4.06. The van der Waals surface area contributed by atoms with Crippen molar-refractivity contribution in [3.05, 3.63) is 0 Å². The zero-order chi connectivity index (χ0) is 7.33. The Hall–Kier alpha value is 0.0700. The molecule has 0 saturated heterocycles. The summed E-state index contributed by atoms with van der Waals surface area (Å²) in [5.41, 5.74) is 0. The molecular weight excluding hydrogens is 145 g/mol. The summed E-state index contributed by atoms with van der Waals surface area (Å²) >= 11 is 0. The van der Waals surface area contributed by atoms with Crippen LogP contribution in [0.2, 0.25) is 0 Å². The number of rotatable bonds is 4. The van der Waals surface area contributed by atoms with E-state index in [4.69, 9.17) is 14.9 Å². The zero-order valence-corrected chi connectivity index (χ0v) is 5.71. The van der Waals surface area contributed by atoms with Gasteiger partial charge in [-0.15, -0.1) is 0 Å². The number of aliphatic hydroxyl groups is 1. The van der Waals surface area contributed by atoms with Gasteiger partial charge in [0.2, 0.25) is 0 Å². The molecule has 4 N–H and O–H groups in total. The van der Waals surface area contributed by atoms with Crippen molar-refractivity contribution in [2.75, 3.05) is 13.2 Å². The standard InChI is InChI=1S/C3H10NO4P/c5-3-1-2-4-9(6,7)8/h5H,1-3H2,(H3,4,6,7,8). The third kappa shape index (κ3) is 8.07. The monoisotopic (exact) mass is 155 g/mol. The Balaban J connectivity index is 3.18. The number of aliphatic hydroxyl groups excluding tert-OH is 1. The molecule has 0 unspecified atom stereocenters. The Morgan fingerprint density at radius 2 is 2.00 bits per heavy atom. The van der Waals surface area contributed by atoms with E-state index in [1.165, 1.54) is 0 Å². The van der Waals surface area contributed by atoms with E-state index in [0.29, 0.717) is 6.42 Å². The fourth-order valence-electron chi connectivity index (χ4n) is 0.304. The molecule has 0 atom stereocenters. The minimum absolute atomic E-state index is 0.0625. The molecule has 0 heterocycles. The topological polar surface area (TPSA) is 89.8 Å². The predicted molar refractivity (Wildman–Crippen MR) is 31.7 cm³/mol. The van der Waals surface area contributed by atoms with Gasteiger partial charge in [-0.05, 0) is 6.42 Å². The van der Waals surface area contributed by atoms with Gasteiger partial charge >= 0.3 is 7.75 Å². The lowest BCUT2D eigenvalue weighted by atomic mass is 10.5. The van der Waals surface area contributed by atoms with Gasteiger partial charge in [0.15, 0.2) is 0 Å². The zero-order valence-electron chi connectivity index (χ0n) is 4.82. The van der Waals surface area contributed by atoms with Crippen LogP contribution in [0.3, 0.4) is 0 Å². The summed E-state index contributed by atoms with van der Waals surface area (Å²) in [5.74, 6) is 0. The van der Waals surface area contributed by atoms with Crippen LogP contribution in [0.4, 0.5) is 0 Å². The van der Waals surface area contributed by atoms with Gasteiger partial charge in [0.05, 0.1) is 0 Å². The minimum atomic E-state index is -4.06. The van der Waals surface area contributed by atoms with Crippen LogP contribution in [0.5, 0.6) is 0 Å². The molecule has 0 aromatic rings. The molecule has 0 aliphatic carbocycles. The highest BCUT2D eigenvalue weighted by Gasteiger charge is 2.08. The predicted octanol–water partition coefficient (Wildman–Crippen LogP) is -0.949. The van der Waals surface area contributed by atoms with E-state index >= 15 is 0 Å². The molecule has 0 saturated carbocycles. The molecule has 0 fully saturated rings. The van der Waals surface area contributed by atoms with Crippen LogP contribution < -0.4 is 5.09 Å². The maximum absolute atomic E-state index is 10.0. The summed E-state index contributed by atoms with van der Waals surface area (Å²) in [6.07, 6.45) is 0.352.